The molecule has 0 bridgehead atoms. The molecule has 130 valence electrons. The minimum atomic E-state index is -0.494. The summed E-state index contributed by atoms with van der Waals surface area (Å²) in [7, 11) is 5.32. The molecule has 0 unspecified atom stereocenters. The van der Waals surface area contributed by atoms with Crippen LogP contribution in [-0.2, 0) is 17.8 Å². The zero-order chi connectivity index (χ0) is 17.5. The van der Waals surface area contributed by atoms with Crippen molar-refractivity contribution in [3.8, 4) is 0 Å². The van der Waals surface area contributed by atoms with Gasteiger partial charge in [-0.2, -0.15) is 0 Å². The molecule has 0 N–H and O–H groups in total. The topological polar surface area (TPSA) is 45.9 Å². The fourth-order valence-electron chi connectivity index (χ4n) is 2.34. The van der Waals surface area contributed by atoms with E-state index in [4.69, 9.17) is 4.42 Å². The summed E-state index contributed by atoms with van der Waals surface area (Å²) >= 11 is 0. The number of methoxy groups -OCH3 is 1. The molecule has 1 aromatic heterocycles. The van der Waals surface area contributed by atoms with Crippen molar-refractivity contribution in [1.29, 1.82) is 0 Å². The summed E-state index contributed by atoms with van der Waals surface area (Å²) in [5.74, 6) is 0.119. The van der Waals surface area contributed by atoms with E-state index in [-0.39, 0.29) is 11.6 Å². The second-order valence-electron chi connectivity index (χ2n) is 5.90. The Morgan fingerprint density at radius 2 is 1.96 bits per heavy atom. The average Bonchev–Trinajstić information content (AvgIpc) is 3.00. The van der Waals surface area contributed by atoms with Crippen LogP contribution < -0.4 is 0 Å². The molecule has 2 rings (SSSR count). The van der Waals surface area contributed by atoms with Gasteiger partial charge in [-0.05, 0) is 43.9 Å². The van der Waals surface area contributed by atoms with Crippen LogP contribution in [0.4, 0.5) is 4.39 Å². The number of hydrogen-bond donors (Lipinski definition) is 0. The highest BCUT2D eigenvalue weighted by atomic mass is 19.1. The monoisotopic (exact) mass is 334 g/mol. The smallest absolute Gasteiger partial charge is 0.373 e. The molecule has 0 spiro atoms. The van der Waals surface area contributed by atoms with Gasteiger partial charge in [-0.25, -0.2) is 9.18 Å². The van der Waals surface area contributed by atoms with Crippen molar-refractivity contribution in [1.82, 2.24) is 9.80 Å². The molecule has 0 atom stereocenters. The zero-order valence-corrected chi connectivity index (χ0v) is 14.3. The van der Waals surface area contributed by atoms with Gasteiger partial charge in [0.05, 0.1) is 13.7 Å². The van der Waals surface area contributed by atoms with E-state index >= 15 is 0 Å². The molecule has 24 heavy (non-hydrogen) atoms. The number of ether oxygens (including phenoxy) is 1. The summed E-state index contributed by atoms with van der Waals surface area (Å²) in [6, 6.07) is 9.94. The maximum absolute atomic E-state index is 13.4. The van der Waals surface area contributed by atoms with E-state index in [2.05, 4.69) is 14.5 Å². The number of benzene rings is 1. The Morgan fingerprint density at radius 1 is 1.17 bits per heavy atom. The first-order valence-corrected chi connectivity index (χ1v) is 7.76. The number of carbonyl (C=O) groups excluding carboxylic acids is 1. The van der Waals surface area contributed by atoms with E-state index in [0.717, 1.165) is 18.7 Å². The van der Waals surface area contributed by atoms with Gasteiger partial charge in [0, 0.05) is 19.6 Å². The van der Waals surface area contributed by atoms with Crippen LogP contribution in [0.5, 0.6) is 0 Å². The van der Waals surface area contributed by atoms with E-state index in [0.29, 0.717) is 18.8 Å². The summed E-state index contributed by atoms with van der Waals surface area (Å²) < 4.78 is 23.6. The molecule has 6 heteroatoms. The quantitative estimate of drug-likeness (QED) is 0.695. The fourth-order valence-corrected chi connectivity index (χ4v) is 2.34. The first kappa shape index (κ1) is 18.2. The predicted molar refractivity (Wildman–Crippen MR) is 89.1 cm³/mol. The molecule has 0 aliphatic carbocycles. The molecular weight excluding hydrogens is 311 g/mol. The van der Waals surface area contributed by atoms with Gasteiger partial charge in [-0.1, -0.05) is 12.1 Å². The number of furan rings is 1. The van der Waals surface area contributed by atoms with Crippen molar-refractivity contribution in [2.24, 2.45) is 0 Å². The molecule has 1 aromatic carbocycles. The number of rotatable bonds is 8. The van der Waals surface area contributed by atoms with Crippen LogP contribution in [0, 0.1) is 5.82 Å². The molecule has 0 saturated carbocycles. The van der Waals surface area contributed by atoms with Crippen LogP contribution in [0.2, 0.25) is 0 Å². The molecule has 0 saturated heterocycles. The van der Waals surface area contributed by atoms with Gasteiger partial charge in [-0.3, -0.25) is 4.90 Å². The predicted octanol–water partition coefficient (Wildman–Crippen LogP) is 2.77. The summed E-state index contributed by atoms with van der Waals surface area (Å²) in [5, 5.41) is 0. The van der Waals surface area contributed by atoms with E-state index in [1.807, 2.05) is 20.2 Å². The van der Waals surface area contributed by atoms with Crippen molar-refractivity contribution < 1.29 is 18.3 Å². The van der Waals surface area contributed by atoms with Crippen LogP contribution in [0.3, 0.4) is 0 Å². The van der Waals surface area contributed by atoms with Gasteiger partial charge < -0.3 is 14.1 Å². The number of esters is 1. The van der Waals surface area contributed by atoms with E-state index in [1.54, 1.807) is 18.2 Å². The van der Waals surface area contributed by atoms with Crippen LogP contribution in [0.15, 0.2) is 40.8 Å². The van der Waals surface area contributed by atoms with Gasteiger partial charge in [0.1, 0.15) is 11.6 Å². The molecule has 5 nitrogen and oxygen atoms in total. The Hall–Kier alpha value is -2.18. The third-order valence-electron chi connectivity index (χ3n) is 3.59. The Morgan fingerprint density at radius 3 is 2.62 bits per heavy atom. The zero-order valence-electron chi connectivity index (χ0n) is 14.3. The molecule has 0 amide bonds. The Bertz CT molecular complexity index is 670. The van der Waals surface area contributed by atoms with Crippen molar-refractivity contribution >= 4 is 5.97 Å². The van der Waals surface area contributed by atoms with Gasteiger partial charge in [0.15, 0.2) is 0 Å². The standard InChI is InChI=1S/C18H23FN2O3/c1-20(2)9-10-21(12-14-5-4-6-15(19)11-14)13-16-7-8-17(24-16)18(22)23-3/h4-8,11H,9-10,12-13H2,1-3H3. The summed E-state index contributed by atoms with van der Waals surface area (Å²) in [4.78, 5) is 15.7. The molecule has 0 aliphatic rings. The highest BCUT2D eigenvalue weighted by Crippen LogP contribution is 2.14. The number of carbonyl (C=O) groups is 1. The average molecular weight is 334 g/mol. The van der Waals surface area contributed by atoms with Crippen molar-refractivity contribution in [2.75, 3.05) is 34.3 Å². The second-order valence-corrected chi connectivity index (χ2v) is 5.90. The molecule has 0 fully saturated rings. The maximum Gasteiger partial charge on any atom is 0.373 e. The van der Waals surface area contributed by atoms with Crippen LogP contribution in [-0.4, -0.2) is 50.1 Å². The summed E-state index contributed by atoms with van der Waals surface area (Å²) in [5.41, 5.74) is 0.897. The van der Waals surface area contributed by atoms with E-state index in [1.165, 1.54) is 19.2 Å². The lowest BCUT2D eigenvalue weighted by molar-refractivity contribution is 0.0560. The molecule has 1 heterocycles. The maximum atomic E-state index is 13.4. The fraction of sp³-hybridized carbons (Fsp3) is 0.389. The largest absolute Gasteiger partial charge is 0.463 e. The highest BCUT2D eigenvalue weighted by Gasteiger charge is 2.14. The molecular formula is C18H23FN2O3. The highest BCUT2D eigenvalue weighted by molar-refractivity contribution is 5.86. The number of hydrogen-bond acceptors (Lipinski definition) is 5. The normalized spacial score (nSPS) is 11.2. The Labute approximate surface area is 141 Å². The first-order chi connectivity index (χ1) is 11.5. The van der Waals surface area contributed by atoms with Gasteiger partial charge in [0.25, 0.3) is 0 Å². The number of halogens is 1. The minimum absolute atomic E-state index is 0.186. The molecule has 2 aromatic rings. The lowest BCUT2D eigenvalue weighted by atomic mass is 10.2. The number of likely N-dealkylation sites (N-methyl/N-ethyl adjacent to an activating group) is 1. The van der Waals surface area contributed by atoms with Gasteiger partial charge >= 0.3 is 5.97 Å². The minimum Gasteiger partial charge on any atom is -0.463 e. The van der Waals surface area contributed by atoms with Crippen LogP contribution in [0.25, 0.3) is 0 Å². The van der Waals surface area contributed by atoms with Gasteiger partial charge in [-0.15, -0.1) is 0 Å². The second kappa shape index (κ2) is 8.61. The number of nitrogens with zero attached hydrogens (tertiary/aromatic N) is 2. The Balaban J connectivity index is 2.07. The van der Waals surface area contributed by atoms with Crippen molar-refractivity contribution in [2.45, 2.75) is 13.1 Å². The van der Waals surface area contributed by atoms with Crippen LogP contribution >= 0.6 is 0 Å². The summed E-state index contributed by atoms with van der Waals surface area (Å²) in [6.45, 7) is 2.78. The van der Waals surface area contributed by atoms with Crippen molar-refractivity contribution in [3.63, 3.8) is 0 Å². The van der Waals surface area contributed by atoms with E-state index < -0.39 is 5.97 Å². The van der Waals surface area contributed by atoms with Crippen molar-refractivity contribution in [3.05, 3.63) is 59.3 Å². The van der Waals surface area contributed by atoms with Gasteiger partial charge in [0.2, 0.25) is 5.76 Å². The lowest BCUT2D eigenvalue weighted by Gasteiger charge is -2.23. The van der Waals surface area contributed by atoms with Crippen LogP contribution in [0.1, 0.15) is 21.9 Å². The third kappa shape index (κ3) is 5.47. The SMILES string of the molecule is COC(=O)c1ccc(CN(CCN(C)C)Cc2cccc(F)c2)o1. The van der Waals surface area contributed by atoms with E-state index in [9.17, 15) is 9.18 Å². The lowest BCUT2D eigenvalue weighted by Crippen LogP contribution is -2.31. The molecule has 0 aliphatic heterocycles. The first-order valence-electron chi connectivity index (χ1n) is 7.76. The third-order valence-corrected chi connectivity index (χ3v) is 3.59. The summed E-state index contributed by atoms with van der Waals surface area (Å²) in [6.07, 6.45) is 0. The Kier molecular flexibility index (Phi) is 6.52. The molecule has 0 radical (unpaired) electrons.